The molecule has 0 radical (unpaired) electrons. The fraction of sp³-hybridized carbons (Fsp3) is 0.316. The number of nitrogens with one attached hydrogen (secondary N) is 1. The Kier molecular flexibility index (Phi) is 5.18. The molecule has 1 aromatic carbocycles. The average Bonchev–Trinajstić information content (AvgIpc) is 2.62. The minimum Gasteiger partial charge on any atom is -0.365 e. The van der Waals surface area contributed by atoms with E-state index < -0.39 is 5.91 Å². The highest BCUT2D eigenvalue weighted by Crippen LogP contribution is 2.20. The van der Waals surface area contributed by atoms with Crippen LogP contribution in [0.4, 0.5) is 11.5 Å². The number of primary amides is 1. The summed E-state index contributed by atoms with van der Waals surface area (Å²) in [5, 5.41) is 3.10. The van der Waals surface area contributed by atoms with Gasteiger partial charge in [-0.05, 0) is 50.4 Å². The predicted molar refractivity (Wildman–Crippen MR) is 101 cm³/mol. The maximum Gasteiger partial charge on any atom is 0.253 e. The lowest BCUT2D eigenvalue weighted by Gasteiger charge is -2.32. The lowest BCUT2D eigenvalue weighted by Crippen LogP contribution is -2.47. The molecule has 0 aliphatic carbocycles. The highest BCUT2D eigenvalue weighted by Gasteiger charge is 2.20. The first-order valence-electron chi connectivity index (χ1n) is 8.56. The van der Waals surface area contributed by atoms with Crippen molar-refractivity contribution in [3.63, 3.8) is 0 Å². The minimum atomic E-state index is -0.540. The van der Waals surface area contributed by atoms with Gasteiger partial charge in [0.25, 0.3) is 11.8 Å². The molecule has 2 aromatic rings. The van der Waals surface area contributed by atoms with Gasteiger partial charge in [0, 0.05) is 43.1 Å². The van der Waals surface area contributed by atoms with Gasteiger partial charge in [0.2, 0.25) is 0 Å². The number of carbonyl (C=O) groups is 2. The zero-order valence-electron chi connectivity index (χ0n) is 15.0. The molecule has 0 unspecified atom stereocenters. The number of hydrogen-bond acceptors (Lipinski definition) is 5. The SMILES string of the molecule is Cc1ccc(C(N)=O)c(Nc2ccc(C(=O)N3CCN(C)CC3)cc2)n1. The number of pyridine rings is 1. The lowest BCUT2D eigenvalue weighted by atomic mass is 10.1. The fourth-order valence-corrected chi connectivity index (χ4v) is 2.88. The molecule has 1 aliphatic heterocycles. The van der Waals surface area contributed by atoms with Crippen LogP contribution in [0.3, 0.4) is 0 Å². The highest BCUT2D eigenvalue weighted by molar-refractivity contribution is 5.98. The van der Waals surface area contributed by atoms with Gasteiger partial charge in [0.1, 0.15) is 5.82 Å². The van der Waals surface area contributed by atoms with Gasteiger partial charge >= 0.3 is 0 Å². The quantitative estimate of drug-likeness (QED) is 0.871. The molecule has 3 rings (SSSR count). The molecule has 3 N–H and O–H groups in total. The van der Waals surface area contributed by atoms with Gasteiger partial charge in [-0.25, -0.2) is 4.98 Å². The number of anilines is 2. The van der Waals surface area contributed by atoms with Crippen LogP contribution < -0.4 is 11.1 Å². The monoisotopic (exact) mass is 353 g/mol. The van der Waals surface area contributed by atoms with Crippen molar-refractivity contribution in [2.75, 3.05) is 38.5 Å². The van der Waals surface area contributed by atoms with E-state index in [0.29, 0.717) is 16.9 Å². The molecule has 0 spiro atoms. The summed E-state index contributed by atoms with van der Waals surface area (Å²) < 4.78 is 0. The molecule has 136 valence electrons. The molecule has 1 fully saturated rings. The van der Waals surface area contributed by atoms with Crippen molar-refractivity contribution in [1.29, 1.82) is 0 Å². The Hall–Kier alpha value is -2.93. The maximum atomic E-state index is 12.6. The molecule has 7 heteroatoms. The molecule has 1 aliphatic rings. The number of amides is 2. The van der Waals surface area contributed by atoms with Crippen LogP contribution in [0.1, 0.15) is 26.4 Å². The van der Waals surface area contributed by atoms with E-state index in [4.69, 9.17) is 5.73 Å². The van der Waals surface area contributed by atoms with Crippen LogP contribution >= 0.6 is 0 Å². The second-order valence-corrected chi connectivity index (χ2v) is 6.51. The summed E-state index contributed by atoms with van der Waals surface area (Å²) in [4.78, 5) is 32.5. The Balaban J connectivity index is 1.73. The van der Waals surface area contributed by atoms with Crippen LogP contribution in [-0.4, -0.2) is 59.8 Å². The first-order chi connectivity index (χ1) is 12.4. The standard InChI is InChI=1S/C19H23N5O2/c1-13-3-8-16(17(20)25)18(21-13)22-15-6-4-14(5-7-15)19(26)24-11-9-23(2)10-12-24/h3-8H,9-12H2,1-2H3,(H2,20,25)(H,21,22). The minimum absolute atomic E-state index is 0.0381. The van der Waals surface area contributed by atoms with E-state index in [1.807, 2.05) is 11.8 Å². The fourth-order valence-electron chi connectivity index (χ4n) is 2.88. The van der Waals surface area contributed by atoms with Gasteiger partial charge < -0.3 is 20.9 Å². The van der Waals surface area contributed by atoms with Crippen LogP contribution in [-0.2, 0) is 0 Å². The third-order valence-electron chi connectivity index (χ3n) is 4.49. The number of aromatic nitrogens is 1. The Labute approximate surface area is 152 Å². The third-order valence-corrected chi connectivity index (χ3v) is 4.49. The van der Waals surface area contributed by atoms with E-state index in [1.54, 1.807) is 36.4 Å². The van der Waals surface area contributed by atoms with E-state index in [2.05, 4.69) is 22.2 Å². The second-order valence-electron chi connectivity index (χ2n) is 6.51. The molecule has 1 saturated heterocycles. The van der Waals surface area contributed by atoms with Gasteiger partial charge in [-0.15, -0.1) is 0 Å². The number of likely N-dealkylation sites (N-methyl/N-ethyl adjacent to an activating group) is 1. The van der Waals surface area contributed by atoms with Crippen LogP contribution in [0.5, 0.6) is 0 Å². The largest absolute Gasteiger partial charge is 0.365 e. The van der Waals surface area contributed by atoms with Crippen molar-refractivity contribution in [2.24, 2.45) is 5.73 Å². The summed E-state index contributed by atoms with van der Waals surface area (Å²) in [6.07, 6.45) is 0. The Morgan fingerprint density at radius 1 is 1.04 bits per heavy atom. The number of rotatable bonds is 4. The summed E-state index contributed by atoms with van der Waals surface area (Å²) in [6, 6.07) is 10.6. The summed E-state index contributed by atoms with van der Waals surface area (Å²) >= 11 is 0. The van der Waals surface area contributed by atoms with Gasteiger partial charge in [-0.3, -0.25) is 9.59 Å². The normalized spacial score (nSPS) is 14.9. The first-order valence-corrected chi connectivity index (χ1v) is 8.56. The smallest absolute Gasteiger partial charge is 0.253 e. The van der Waals surface area contributed by atoms with Crippen LogP contribution in [0, 0.1) is 6.92 Å². The number of carbonyl (C=O) groups excluding carboxylic acids is 2. The van der Waals surface area contributed by atoms with E-state index in [0.717, 1.165) is 37.6 Å². The summed E-state index contributed by atoms with van der Waals surface area (Å²) in [5.74, 6) is -0.0892. The molecule has 0 atom stereocenters. The number of nitrogens with zero attached hydrogens (tertiary/aromatic N) is 3. The third kappa shape index (κ3) is 4.00. The average molecular weight is 353 g/mol. The van der Waals surface area contributed by atoms with Crippen molar-refractivity contribution < 1.29 is 9.59 Å². The zero-order valence-corrected chi connectivity index (χ0v) is 15.0. The number of hydrogen-bond donors (Lipinski definition) is 2. The molecule has 0 bridgehead atoms. The first kappa shape index (κ1) is 17.9. The van der Waals surface area contributed by atoms with Crippen LogP contribution in [0.2, 0.25) is 0 Å². The molecule has 26 heavy (non-hydrogen) atoms. The summed E-state index contributed by atoms with van der Waals surface area (Å²) in [5.41, 5.74) is 7.89. The van der Waals surface area contributed by atoms with E-state index in [9.17, 15) is 9.59 Å². The van der Waals surface area contributed by atoms with E-state index >= 15 is 0 Å². The molecular formula is C19H23N5O2. The van der Waals surface area contributed by atoms with Crippen LogP contribution in [0.25, 0.3) is 0 Å². The van der Waals surface area contributed by atoms with Crippen molar-refractivity contribution >= 4 is 23.3 Å². The maximum absolute atomic E-state index is 12.6. The molecule has 1 aromatic heterocycles. The van der Waals surface area contributed by atoms with Gasteiger partial charge in [0.05, 0.1) is 5.56 Å². The van der Waals surface area contributed by atoms with Gasteiger partial charge in [0.15, 0.2) is 0 Å². The summed E-state index contributed by atoms with van der Waals surface area (Å²) in [6.45, 7) is 5.10. The number of benzene rings is 1. The zero-order chi connectivity index (χ0) is 18.7. The lowest BCUT2D eigenvalue weighted by molar-refractivity contribution is 0.0664. The Morgan fingerprint density at radius 2 is 1.69 bits per heavy atom. The number of nitrogens with two attached hydrogens (primary N) is 1. The van der Waals surface area contributed by atoms with Crippen molar-refractivity contribution in [3.8, 4) is 0 Å². The second kappa shape index (κ2) is 7.53. The van der Waals surface area contributed by atoms with Gasteiger partial charge in [-0.2, -0.15) is 0 Å². The topological polar surface area (TPSA) is 91.6 Å². The predicted octanol–water partition coefficient (Wildman–Crippen LogP) is 1.62. The Morgan fingerprint density at radius 3 is 2.31 bits per heavy atom. The number of piperazine rings is 1. The van der Waals surface area contributed by atoms with Crippen LogP contribution in [0.15, 0.2) is 36.4 Å². The number of aryl methyl sites for hydroxylation is 1. The highest BCUT2D eigenvalue weighted by atomic mass is 16.2. The molecule has 7 nitrogen and oxygen atoms in total. The van der Waals surface area contributed by atoms with Crippen molar-refractivity contribution in [2.45, 2.75) is 6.92 Å². The molecule has 2 amide bonds. The van der Waals surface area contributed by atoms with E-state index in [1.165, 1.54) is 0 Å². The van der Waals surface area contributed by atoms with Gasteiger partial charge in [-0.1, -0.05) is 0 Å². The molecular weight excluding hydrogens is 330 g/mol. The summed E-state index contributed by atoms with van der Waals surface area (Å²) in [7, 11) is 2.06. The molecule has 2 heterocycles. The van der Waals surface area contributed by atoms with Crippen molar-refractivity contribution in [3.05, 3.63) is 53.2 Å². The van der Waals surface area contributed by atoms with E-state index in [-0.39, 0.29) is 5.91 Å². The van der Waals surface area contributed by atoms with Crippen molar-refractivity contribution in [1.82, 2.24) is 14.8 Å². The Bertz CT molecular complexity index is 811. The molecule has 0 saturated carbocycles.